The molecule has 1 heterocycles. The van der Waals surface area contributed by atoms with Crippen molar-refractivity contribution in [3.8, 4) is 11.3 Å². The summed E-state index contributed by atoms with van der Waals surface area (Å²) in [6, 6.07) is 17.0. The largest absolute Gasteiger partial charge is 0.332 e. The zero-order chi connectivity index (χ0) is 14.2. The first kappa shape index (κ1) is 12.6. The van der Waals surface area contributed by atoms with Crippen molar-refractivity contribution in [1.82, 2.24) is 4.98 Å². The number of hydrogen-bond donors (Lipinski definition) is 1. The van der Waals surface area contributed by atoms with Crippen molar-refractivity contribution < 1.29 is 0 Å². The first-order valence-electron chi connectivity index (χ1n) is 7.21. The Morgan fingerprint density at radius 3 is 2.67 bits per heavy atom. The van der Waals surface area contributed by atoms with Gasteiger partial charge >= 0.3 is 0 Å². The SMILES string of the molecule is Cc1ccc(Nc2nc3c(s2)CCc2ccccc2-3)cc1. The standard InChI is InChI=1S/C18H16N2S/c1-12-6-9-14(10-7-12)19-18-20-17-15-5-3-2-4-13(15)8-11-16(17)21-18/h2-7,9-10H,8,11H2,1H3,(H,19,20). The molecule has 2 nitrogen and oxygen atoms in total. The van der Waals surface area contributed by atoms with Gasteiger partial charge in [0.2, 0.25) is 0 Å². The molecule has 4 rings (SSSR count). The van der Waals surface area contributed by atoms with E-state index in [2.05, 4.69) is 60.8 Å². The van der Waals surface area contributed by atoms with Gasteiger partial charge in [-0.3, -0.25) is 0 Å². The molecule has 0 fully saturated rings. The van der Waals surface area contributed by atoms with Gasteiger partial charge in [0.25, 0.3) is 0 Å². The van der Waals surface area contributed by atoms with Crippen molar-refractivity contribution in [3.05, 3.63) is 64.5 Å². The lowest BCUT2D eigenvalue weighted by molar-refractivity contribution is 0.955. The minimum absolute atomic E-state index is 0.987. The molecule has 0 spiro atoms. The lowest BCUT2D eigenvalue weighted by Gasteiger charge is -2.13. The molecule has 0 unspecified atom stereocenters. The van der Waals surface area contributed by atoms with E-state index in [1.807, 2.05) is 0 Å². The van der Waals surface area contributed by atoms with Crippen molar-refractivity contribution in [2.45, 2.75) is 19.8 Å². The van der Waals surface area contributed by atoms with Gasteiger partial charge in [-0.1, -0.05) is 42.0 Å². The molecule has 3 aromatic rings. The number of aryl methyl sites for hydroxylation is 3. The summed E-state index contributed by atoms with van der Waals surface area (Å²) in [5.74, 6) is 0. The summed E-state index contributed by atoms with van der Waals surface area (Å²) in [5, 5.41) is 4.41. The fourth-order valence-corrected chi connectivity index (χ4v) is 3.76. The Kier molecular flexibility index (Phi) is 3.00. The number of fused-ring (bicyclic) bond motifs is 3. The number of benzene rings is 2. The van der Waals surface area contributed by atoms with E-state index in [1.165, 1.54) is 21.6 Å². The lowest BCUT2D eigenvalue weighted by Crippen LogP contribution is -2.01. The summed E-state index contributed by atoms with van der Waals surface area (Å²) in [5.41, 5.74) is 6.24. The van der Waals surface area contributed by atoms with Crippen LogP contribution in [0.1, 0.15) is 16.0 Å². The molecule has 3 heteroatoms. The van der Waals surface area contributed by atoms with Gasteiger partial charge in [0.1, 0.15) is 0 Å². The molecule has 1 N–H and O–H groups in total. The minimum Gasteiger partial charge on any atom is -0.332 e. The van der Waals surface area contributed by atoms with Crippen molar-refractivity contribution in [2.24, 2.45) is 0 Å². The molecule has 0 saturated carbocycles. The van der Waals surface area contributed by atoms with Gasteiger partial charge < -0.3 is 5.32 Å². The van der Waals surface area contributed by atoms with E-state index in [9.17, 15) is 0 Å². The number of hydrogen-bond acceptors (Lipinski definition) is 3. The van der Waals surface area contributed by atoms with Crippen LogP contribution >= 0.6 is 11.3 Å². The Morgan fingerprint density at radius 2 is 1.81 bits per heavy atom. The van der Waals surface area contributed by atoms with Crippen LogP contribution in [0.15, 0.2) is 48.5 Å². The predicted octanol–water partition coefficient (Wildman–Crippen LogP) is 4.96. The highest BCUT2D eigenvalue weighted by molar-refractivity contribution is 7.16. The minimum atomic E-state index is 0.987. The molecule has 0 saturated heterocycles. The van der Waals surface area contributed by atoms with Crippen LogP contribution in [0.3, 0.4) is 0 Å². The third kappa shape index (κ3) is 2.34. The highest BCUT2D eigenvalue weighted by atomic mass is 32.1. The molecule has 0 bridgehead atoms. The third-order valence-corrected chi connectivity index (χ3v) is 4.92. The molecular formula is C18H16N2S. The predicted molar refractivity (Wildman–Crippen MR) is 89.4 cm³/mol. The van der Waals surface area contributed by atoms with E-state index < -0.39 is 0 Å². The maximum absolute atomic E-state index is 4.82. The molecule has 1 aromatic heterocycles. The molecule has 1 aliphatic carbocycles. The van der Waals surface area contributed by atoms with Crippen LogP contribution in [0.5, 0.6) is 0 Å². The van der Waals surface area contributed by atoms with E-state index in [-0.39, 0.29) is 0 Å². The Bertz CT molecular complexity index is 787. The molecule has 0 atom stereocenters. The van der Waals surface area contributed by atoms with E-state index in [0.717, 1.165) is 29.4 Å². The van der Waals surface area contributed by atoms with Crippen LogP contribution in [-0.2, 0) is 12.8 Å². The van der Waals surface area contributed by atoms with Gasteiger partial charge in [0.05, 0.1) is 5.69 Å². The Hall–Kier alpha value is -2.13. The first-order valence-corrected chi connectivity index (χ1v) is 8.03. The van der Waals surface area contributed by atoms with Crippen molar-refractivity contribution in [1.29, 1.82) is 0 Å². The van der Waals surface area contributed by atoms with Crippen LogP contribution < -0.4 is 5.32 Å². The van der Waals surface area contributed by atoms with E-state index in [0.29, 0.717) is 0 Å². The fraction of sp³-hybridized carbons (Fsp3) is 0.167. The zero-order valence-corrected chi connectivity index (χ0v) is 12.7. The Labute approximate surface area is 128 Å². The Morgan fingerprint density at radius 1 is 1.00 bits per heavy atom. The van der Waals surface area contributed by atoms with Gasteiger partial charge in [-0.25, -0.2) is 4.98 Å². The van der Waals surface area contributed by atoms with Crippen LogP contribution in [-0.4, -0.2) is 4.98 Å². The number of thiazole rings is 1. The Balaban J connectivity index is 1.68. The topological polar surface area (TPSA) is 24.9 Å². The molecule has 0 aliphatic heterocycles. The maximum Gasteiger partial charge on any atom is 0.187 e. The van der Waals surface area contributed by atoms with Crippen LogP contribution in [0.4, 0.5) is 10.8 Å². The number of nitrogens with one attached hydrogen (secondary N) is 1. The van der Waals surface area contributed by atoms with Crippen LogP contribution in [0, 0.1) is 6.92 Å². The smallest absolute Gasteiger partial charge is 0.187 e. The highest BCUT2D eigenvalue weighted by Gasteiger charge is 2.20. The number of rotatable bonds is 2. The molecule has 104 valence electrons. The summed E-state index contributed by atoms with van der Waals surface area (Å²) in [4.78, 5) is 6.21. The second-order valence-electron chi connectivity index (χ2n) is 5.44. The monoisotopic (exact) mass is 292 g/mol. The second kappa shape index (κ2) is 5.01. The van der Waals surface area contributed by atoms with Crippen LogP contribution in [0.25, 0.3) is 11.3 Å². The average Bonchev–Trinajstić information content (AvgIpc) is 2.92. The summed E-state index contributed by atoms with van der Waals surface area (Å²) in [6.45, 7) is 2.10. The normalized spacial score (nSPS) is 12.6. The van der Waals surface area contributed by atoms with Crippen LogP contribution in [0.2, 0.25) is 0 Å². The molecular weight excluding hydrogens is 276 g/mol. The third-order valence-electron chi connectivity index (χ3n) is 3.89. The van der Waals surface area contributed by atoms with Crippen molar-refractivity contribution in [2.75, 3.05) is 5.32 Å². The van der Waals surface area contributed by atoms with Gasteiger partial charge in [-0.2, -0.15) is 0 Å². The number of nitrogens with zero attached hydrogens (tertiary/aromatic N) is 1. The maximum atomic E-state index is 4.82. The quantitative estimate of drug-likeness (QED) is 0.722. The lowest BCUT2D eigenvalue weighted by atomic mass is 9.94. The van der Waals surface area contributed by atoms with Gasteiger partial charge in [-0.05, 0) is 37.5 Å². The zero-order valence-electron chi connectivity index (χ0n) is 11.9. The average molecular weight is 292 g/mol. The summed E-state index contributed by atoms with van der Waals surface area (Å²) < 4.78 is 0. The van der Waals surface area contributed by atoms with E-state index in [1.54, 1.807) is 11.3 Å². The number of aromatic nitrogens is 1. The molecule has 1 aliphatic rings. The molecule has 0 amide bonds. The van der Waals surface area contributed by atoms with Crippen molar-refractivity contribution in [3.63, 3.8) is 0 Å². The molecule has 0 radical (unpaired) electrons. The highest BCUT2D eigenvalue weighted by Crippen LogP contribution is 2.38. The molecule has 2 aromatic carbocycles. The van der Waals surface area contributed by atoms with E-state index >= 15 is 0 Å². The summed E-state index contributed by atoms with van der Waals surface area (Å²) in [6.07, 6.45) is 2.22. The van der Waals surface area contributed by atoms with E-state index in [4.69, 9.17) is 4.98 Å². The first-order chi connectivity index (χ1) is 10.3. The number of anilines is 2. The van der Waals surface area contributed by atoms with Gasteiger partial charge in [0, 0.05) is 16.1 Å². The molecule has 21 heavy (non-hydrogen) atoms. The fourth-order valence-electron chi connectivity index (χ4n) is 2.76. The summed E-state index contributed by atoms with van der Waals surface area (Å²) >= 11 is 1.78. The van der Waals surface area contributed by atoms with Crippen molar-refractivity contribution >= 4 is 22.2 Å². The van der Waals surface area contributed by atoms with Gasteiger partial charge in [-0.15, -0.1) is 11.3 Å². The second-order valence-corrected chi connectivity index (χ2v) is 6.52. The van der Waals surface area contributed by atoms with Gasteiger partial charge in [0.15, 0.2) is 5.13 Å². The summed E-state index contributed by atoms with van der Waals surface area (Å²) in [7, 11) is 0.